The van der Waals surface area contributed by atoms with Gasteiger partial charge in [-0.15, -0.1) is 0 Å². The summed E-state index contributed by atoms with van der Waals surface area (Å²) >= 11 is 0. The highest BCUT2D eigenvalue weighted by molar-refractivity contribution is 5.97. The first-order chi connectivity index (χ1) is 11.7. The molecule has 1 aromatic heterocycles. The molecule has 0 bridgehead atoms. The van der Waals surface area contributed by atoms with E-state index in [4.69, 9.17) is 5.73 Å². The Morgan fingerprint density at radius 2 is 2.17 bits per heavy atom. The van der Waals surface area contributed by atoms with Crippen LogP contribution < -0.4 is 16.4 Å². The van der Waals surface area contributed by atoms with E-state index in [0.29, 0.717) is 23.4 Å². The van der Waals surface area contributed by atoms with Crippen molar-refractivity contribution >= 4 is 29.6 Å². The number of aromatic nitrogens is 2. The van der Waals surface area contributed by atoms with E-state index in [1.54, 1.807) is 0 Å². The molecule has 122 valence electrons. The Bertz CT molecular complexity index is 828. The van der Waals surface area contributed by atoms with Crippen molar-refractivity contribution in [3.8, 4) is 0 Å². The smallest absolute Gasteiger partial charge is 0.254 e. The maximum Gasteiger partial charge on any atom is 0.254 e. The van der Waals surface area contributed by atoms with Crippen LogP contribution in [-0.2, 0) is 6.54 Å². The van der Waals surface area contributed by atoms with Crippen LogP contribution in [0.15, 0.2) is 29.4 Å². The summed E-state index contributed by atoms with van der Waals surface area (Å²) in [5.41, 5.74) is 8.92. The number of benzene rings is 1. The van der Waals surface area contributed by atoms with Gasteiger partial charge in [-0.3, -0.25) is 9.79 Å². The summed E-state index contributed by atoms with van der Waals surface area (Å²) in [6, 6.07) is 6.37. The molecule has 0 spiro atoms. The van der Waals surface area contributed by atoms with Gasteiger partial charge in [0, 0.05) is 24.1 Å². The van der Waals surface area contributed by atoms with Gasteiger partial charge < -0.3 is 16.4 Å². The molecule has 7 heteroatoms. The molecule has 1 saturated carbocycles. The Morgan fingerprint density at radius 3 is 2.92 bits per heavy atom. The average Bonchev–Trinajstić information content (AvgIpc) is 2.98. The first kappa shape index (κ1) is 14.6. The predicted octanol–water partition coefficient (Wildman–Crippen LogP) is 2.22. The van der Waals surface area contributed by atoms with Gasteiger partial charge in [0.25, 0.3) is 5.91 Å². The molecule has 2 heterocycles. The second-order valence-electron chi connectivity index (χ2n) is 6.10. The van der Waals surface area contributed by atoms with Crippen LogP contribution in [0.25, 0.3) is 0 Å². The Balaban J connectivity index is 1.59. The van der Waals surface area contributed by atoms with E-state index >= 15 is 0 Å². The van der Waals surface area contributed by atoms with Crippen molar-refractivity contribution in [2.45, 2.75) is 31.8 Å². The number of carbonyl (C=O) groups excluding carboxylic acids is 1. The van der Waals surface area contributed by atoms with Crippen LogP contribution in [0.2, 0.25) is 0 Å². The lowest BCUT2D eigenvalue weighted by Gasteiger charge is -2.27. The van der Waals surface area contributed by atoms with E-state index in [1.807, 2.05) is 24.4 Å². The van der Waals surface area contributed by atoms with Gasteiger partial charge in [0.15, 0.2) is 0 Å². The zero-order valence-electron chi connectivity index (χ0n) is 13.1. The summed E-state index contributed by atoms with van der Waals surface area (Å²) in [4.78, 5) is 24.5. The summed E-state index contributed by atoms with van der Waals surface area (Å²) < 4.78 is 0. The summed E-state index contributed by atoms with van der Waals surface area (Å²) in [6.07, 6.45) is 6.68. The molecule has 2 aromatic rings. The van der Waals surface area contributed by atoms with Crippen molar-refractivity contribution in [3.63, 3.8) is 0 Å². The summed E-state index contributed by atoms with van der Waals surface area (Å²) in [5.74, 6) is 0.390. The SMILES string of the molecule is NC(=O)c1cnc(Nc2ccc3c(c2)C=NC3)nc1NC1CCC1. The van der Waals surface area contributed by atoms with Crippen LogP contribution >= 0.6 is 0 Å². The molecule has 0 unspecified atom stereocenters. The fourth-order valence-corrected chi connectivity index (χ4v) is 2.79. The number of fused-ring (bicyclic) bond motifs is 1. The highest BCUT2D eigenvalue weighted by atomic mass is 16.1. The van der Waals surface area contributed by atoms with Gasteiger partial charge in [-0.25, -0.2) is 4.98 Å². The predicted molar refractivity (Wildman–Crippen MR) is 92.8 cm³/mol. The molecule has 1 aliphatic carbocycles. The van der Waals surface area contributed by atoms with Gasteiger partial charge in [0.1, 0.15) is 5.82 Å². The molecule has 7 nitrogen and oxygen atoms in total. The molecular weight excluding hydrogens is 304 g/mol. The third-order valence-corrected chi connectivity index (χ3v) is 4.39. The molecule has 4 rings (SSSR count). The Kier molecular flexibility index (Phi) is 3.60. The molecule has 24 heavy (non-hydrogen) atoms. The average molecular weight is 322 g/mol. The first-order valence-corrected chi connectivity index (χ1v) is 8.02. The zero-order valence-corrected chi connectivity index (χ0v) is 13.1. The van der Waals surface area contributed by atoms with Crippen LogP contribution in [0.3, 0.4) is 0 Å². The van der Waals surface area contributed by atoms with Crippen molar-refractivity contribution in [1.82, 2.24) is 9.97 Å². The highest BCUT2D eigenvalue weighted by Gasteiger charge is 2.21. The normalized spacial score (nSPS) is 15.7. The van der Waals surface area contributed by atoms with Crippen molar-refractivity contribution in [2.75, 3.05) is 10.6 Å². The number of primary amides is 1. The maximum absolute atomic E-state index is 11.6. The fraction of sp³-hybridized carbons (Fsp3) is 0.294. The molecule has 1 aliphatic heterocycles. The van der Waals surface area contributed by atoms with Gasteiger partial charge in [-0.05, 0) is 42.5 Å². The summed E-state index contributed by atoms with van der Waals surface area (Å²) in [7, 11) is 0. The van der Waals surface area contributed by atoms with Crippen LogP contribution in [0.4, 0.5) is 17.5 Å². The topological polar surface area (TPSA) is 105 Å². The number of nitrogens with one attached hydrogen (secondary N) is 2. The number of amides is 1. The third kappa shape index (κ3) is 2.80. The summed E-state index contributed by atoms with van der Waals surface area (Å²) in [5, 5.41) is 6.46. The second kappa shape index (κ2) is 5.92. The number of rotatable bonds is 5. The van der Waals surface area contributed by atoms with Gasteiger partial charge >= 0.3 is 0 Å². The van der Waals surface area contributed by atoms with E-state index in [0.717, 1.165) is 30.6 Å². The molecule has 0 atom stereocenters. The number of nitrogens with zero attached hydrogens (tertiary/aromatic N) is 3. The van der Waals surface area contributed by atoms with E-state index in [1.165, 1.54) is 18.2 Å². The van der Waals surface area contributed by atoms with Crippen molar-refractivity contribution < 1.29 is 4.79 Å². The number of hydrogen-bond donors (Lipinski definition) is 3. The second-order valence-corrected chi connectivity index (χ2v) is 6.10. The number of carbonyl (C=O) groups is 1. The Morgan fingerprint density at radius 1 is 1.29 bits per heavy atom. The molecular formula is C17H18N6O. The minimum absolute atomic E-state index is 0.313. The van der Waals surface area contributed by atoms with Crippen molar-refractivity contribution in [3.05, 3.63) is 41.1 Å². The number of aliphatic imine (C=N–C) groups is 1. The monoisotopic (exact) mass is 322 g/mol. The Labute approximate surface area is 139 Å². The molecule has 2 aliphatic rings. The Hall–Kier alpha value is -2.96. The lowest BCUT2D eigenvalue weighted by Crippen LogP contribution is -2.29. The number of hydrogen-bond acceptors (Lipinski definition) is 6. The standard InChI is InChI=1S/C17H18N6O/c18-15(24)14-9-20-17(23-16(14)21-12-2-1-3-12)22-13-5-4-10-7-19-8-11(10)6-13/h4-6,8-9,12H,1-3,7H2,(H2,18,24)(H2,20,21,22,23). The van der Waals surface area contributed by atoms with Crippen molar-refractivity contribution in [1.29, 1.82) is 0 Å². The van der Waals surface area contributed by atoms with E-state index in [-0.39, 0.29) is 0 Å². The van der Waals surface area contributed by atoms with Gasteiger partial charge in [-0.1, -0.05) is 6.07 Å². The molecule has 0 saturated heterocycles. The fourth-order valence-electron chi connectivity index (χ4n) is 2.79. The largest absolute Gasteiger partial charge is 0.367 e. The van der Waals surface area contributed by atoms with E-state index < -0.39 is 5.91 Å². The van der Waals surface area contributed by atoms with Crippen LogP contribution in [0.5, 0.6) is 0 Å². The van der Waals surface area contributed by atoms with Crippen LogP contribution in [0, 0.1) is 0 Å². The van der Waals surface area contributed by atoms with E-state index in [9.17, 15) is 4.79 Å². The summed E-state index contributed by atoms with van der Waals surface area (Å²) in [6.45, 7) is 0.731. The van der Waals surface area contributed by atoms with Crippen molar-refractivity contribution in [2.24, 2.45) is 10.7 Å². The first-order valence-electron chi connectivity index (χ1n) is 8.02. The molecule has 1 fully saturated rings. The number of nitrogens with two attached hydrogens (primary N) is 1. The molecule has 4 N–H and O–H groups in total. The van der Waals surface area contributed by atoms with Gasteiger partial charge in [0.05, 0.1) is 12.1 Å². The molecule has 0 radical (unpaired) electrons. The maximum atomic E-state index is 11.6. The minimum Gasteiger partial charge on any atom is -0.367 e. The molecule has 1 amide bonds. The van der Waals surface area contributed by atoms with E-state index in [2.05, 4.69) is 25.6 Å². The van der Waals surface area contributed by atoms with Gasteiger partial charge in [0.2, 0.25) is 5.95 Å². The lowest BCUT2D eigenvalue weighted by atomic mass is 9.93. The minimum atomic E-state index is -0.530. The quantitative estimate of drug-likeness (QED) is 0.782. The van der Waals surface area contributed by atoms with Gasteiger partial charge in [-0.2, -0.15) is 4.98 Å². The lowest BCUT2D eigenvalue weighted by molar-refractivity contribution is 0.100. The molecule has 1 aromatic carbocycles. The zero-order chi connectivity index (χ0) is 16.5. The van der Waals surface area contributed by atoms with Crippen LogP contribution in [-0.4, -0.2) is 28.1 Å². The third-order valence-electron chi connectivity index (χ3n) is 4.39. The highest BCUT2D eigenvalue weighted by Crippen LogP contribution is 2.26. The number of anilines is 3. The van der Waals surface area contributed by atoms with Crippen LogP contribution in [0.1, 0.15) is 40.7 Å².